The highest BCUT2D eigenvalue weighted by Gasteiger charge is 2.09. The van der Waals surface area contributed by atoms with E-state index in [9.17, 15) is 9.18 Å². The van der Waals surface area contributed by atoms with E-state index in [1.54, 1.807) is 18.2 Å². The number of rotatable bonds is 5. The molecule has 0 bridgehead atoms. The molecule has 0 atom stereocenters. The van der Waals surface area contributed by atoms with Crippen LogP contribution in [0.15, 0.2) is 54.9 Å². The average molecular weight is 350 g/mol. The van der Waals surface area contributed by atoms with Crippen molar-refractivity contribution in [3.8, 4) is 0 Å². The number of benzene rings is 2. The summed E-state index contributed by atoms with van der Waals surface area (Å²) in [6.07, 6.45) is 2.88. The maximum Gasteiger partial charge on any atom is 0.254 e. The molecule has 2 aromatic carbocycles. The molecule has 0 saturated heterocycles. The summed E-state index contributed by atoms with van der Waals surface area (Å²) >= 11 is 0. The number of nitrogens with one attached hydrogen (secondary N) is 2. The van der Waals surface area contributed by atoms with Gasteiger partial charge < -0.3 is 10.6 Å². The summed E-state index contributed by atoms with van der Waals surface area (Å²) in [4.78, 5) is 20.5. The van der Waals surface area contributed by atoms with Crippen LogP contribution >= 0.6 is 0 Å². The zero-order valence-electron chi connectivity index (χ0n) is 14.6. The Labute approximate surface area is 151 Å². The molecule has 0 radical (unpaired) electrons. The van der Waals surface area contributed by atoms with Gasteiger partial charge in [0.15, 0.2) is 0 Å². The van der Waals surface area contributed by atoms with Crippen LogP contribution in [0.2, 0.25) is 0 Å². The predicted molar refractivity (Wildman–Crippen MR) is 98.8 cm³/mol. The van der Waals surface area contributed by atoms with Crippen LogP contribution in [-0.2, 0) is 6.54 Å². The highest BCUT2D eigenvalue weighted by atomic mass is 19.1. The van der Waals surface area contributed by atoms with Gasteiger partial charge in [0.05, 0.1) is 5.56 Å². The first-order chi connectivity index (χ1) is 12.5. The van der Waals surface area contributed by atoms with Crippen LogP contribution in [0.4, 0.5) is 16.0 Å². The second-order valence-electron chi connectivity index (χ2n) is 6.01. The average Bonchev–Trinajstić information content (AvgIpc) is 2.64. The third kappa shape index (κ3) is 4.22. The molecule has 0 aliphatic rings. The third-order valence-electron chi connectivity index (χ3n) is 3.94. The maximum absolute atomic E-state index is 13.6. The Hall–Kier alpha value is -3.28. The lowest BCUT2D eigenvalue weighted by Gasteiger charge is -2.09. The molecule has 0 saturated carbocycles. The molecule has 5 nitrogen and oxygen atoms in total. The van der Waals surface area contributed by atoms with Crippen LogP contribution in [0.3, 0.4) is 0 Å². The molecular formula is C20H19FN4O. The Morgan fingerprint density at radius 1 is 1.08 bits per heavy atom. The zero-order valence-corrected chi connectivity index (χ0v) is 14.6. The van der Waals surface area contributed by atoms with Crippen molar-refractivity contribution in [2.75, 3.05) is 5.32 Å². The van der Waals surface area contributed by atoms with Gasteiger partial charge in [0.2, 0.25) is 5.95 Å². The van der Waals surface area contributed by atoms with Crippen molar-refractivity contribution < 1.29 is 9.18 Å². The molecule has 3 aromatic rings. The summed E-state index contributed by atoms with van der Waals surface area (Å²) in [6.45, 7) is 4.13. The molecule has 3 rings (SSSR count). The third-order valence-corrected chi connectivity index (χ3v) is 3.94. The fourth-order valence-electron chi connectivity index (χ4n) is 2.50. The molecule has 0 spiro atoms. The lowest BCUT2D eigenvalue weighted by atomic mass is 10.1. The standard InChI is InChI=1S/C20H19FN4O/c1-13-7-8-18(14(2)9-13)25-20-23-11-16(12-24-20)19(26)22-10-15-5-3-4-6-17(15)21/h3-9,11-12H,10H2,1-2H3,(H,22,26)(H,23,24,25). The molecule has 1 amide bonds. The Kier molecular flexibility index (Phi) is 5.22. The van der Waals surface area contributed by atoms with Crippen molar-refractivity contribution >= 4 is 17.5 Å². The van der Waals surface area contributed by atoms with Crippen molar-refractivity contribution in [3.05, 3.63) is 82.9 Å². The van der Waals surface area contributed by atoms with Gasteiger partial charge in [-0.15, -0.1) is 0 Å². The molecule has 26 heavy (non-hydrogen) atoms. The SMILES string of the molecule is Cc1ccc(Nc2ncc(C(=O)NCc3ccccc3F)cn2)c(C)c1. The molecule has 132 valence electrons. The van der Waals surface area contributed by atoms with Gasteiger partial charge in [-0.25, -0.2) is 14.4 Å². The molecule has 0 aliphatic heterocycles. The van der Waals surface area contributed by atoms with Gasteiger partial charge >= 0.3 is 0 Å². The quantitative estimate of drug-likeness (QED) is 0.732. The van der Waals surface area contributed by atoms with Crippen LogP contribution in [0.25, 0.3) is 0 Å². The topological polar surface area (TPSA) is 66.9 Å². The zero-order chi connectivity index (χ0) is 18.5. The lowest BCUT2D eigenvalue weighted by Crippen LogP contribution is -2.23. The molecule has 2 N–H and O–H groups in total. The van der Waals surface area contributed by atoms with Crippen molar-refractivity contribution in [2.45, 2.75) is 20.4 Å². The second-order valence-corrected chi connectivity index (χ2v) is 6.01. The highest BCUT2D eigenvalue weighted by Crippen LogP contribution is 2.19. The van der Waals surface area contributed by atoms with Crippen molar-refractivity contribution in [2.24, 2.45) is 0 Å². The Balaban J connectivity index is 1.63. The van der Waals surface area contributed by atoms with E-state index in [0.29, 0.717) is 17.1 Å². The minimum Gasteiger partial charge on any atom is -0.348 e. The van der Waals surface area contributed by atoms with E-state index < -0.39 is 0 Å². The normalized spacial score (nSPS) is 10.4. The maximum atomic E-state index is 13.6. The lowest BCUT2D eigenvalue weighted by molar-refractivity contribution is 0.0950. The molecular weight excluding hydrogens is 331 g/mol. The van der Waals surface area contributed by atoms with Crippen LogP contribution < -0.4 is 10.6 Å². The number of nitrogens with zero attached hydrogens (tertiary/aromatic N) is 2. The van der Waals surface area contributed by atoms with Gasteiger partial charge in [-0.1, -0.05) is 35.9 Å². The van der Waals surface area contributed by atoms with Crippen molar-refractivity contribution in [3.63, 3.8) is 0 Å². The molecule has 1 aromatic heterocycles. The summed E-state index contributed by atoms with van der Waals surface area (Å²) in [6, 6.07) is 12.3. The van der Waals surface area contributed by atoms with Crippen molar-refractivity contribution in [1.29, 1.82) is 0 Å². The van der Waals surface area contributed by atoms with E-state index in [1.165, 1.54) is 24.0 Å². The fraction of sp³-hybridized carbons (Fsp3) is 0.150. The first-order valence-corrected chi connectivity index (χ1v) is 8.21. The fourth-order valence-corrected chi connectivity index (χ4v) is 2.50. The molecule has 0 aliphatic carbocycles. The number of hydrogen-bond acceptors (Lipinski definition) is 4. The summed E-state index contributed by atoms with van der Waals surface area (Å²) in [5.74, 6) is -0.300. The van der Waals surface area contributed by atoms with E-state index in [1.807, 2.05) is 26.0 Å². The van der Waals surface area contributed by atoms with Crippen LogP contribution in [0.5, 0.6) is 0 Å². The smallest absolute Gasteiger partial charge is 0.254 e. The van der Waals surface area contributed by atoms with Crippen LogP contribution in [-0.4, -0.2) is 15.9 Å². The number of aromatic nitrogens is 2. The van der Waals surface area contributed by atoms with Crippen molar-refractivity contribution in [1.82, 2.24) is 15.3 Å². The van der Waals surface area contributed by atoms with Gasteiger partial charge in [-0.3, -0.25) is 4.79 Å². The molecule has 0 fully saturated rings. The van der Waals surface area contributed by atoms with E-state index in [2.05, 4.69) is 26.7 Å². The van der Waals surface area contributed by atoms with Gasteiger partial charge in [0.1, 0.15) is 5.82 Å². The highest BCUT2D eigenvalue weighted by molar-refractivity contribution is 5.93. The van der Waals surface area contributed by atoms with E-state index >= 15 is 0 Å². The number of carbonyl (C=O) groups is 1. The number of anilines is 2. The van der Waals surface area contributed by atoms with E-state index in [4.69, 9.17) is 0 Å². The number of halogens is 1. The predicted octanol–water partition coefficient (Wildman–Crippen LogP) is 3.91. The number of carbonyl (C=O) groups excluding carboxylic acids is 1. The monoisotopic (exact) mass is 350 g/mol. The minimum absolute atomic E-state index is 0.105. The first kappa shape index (κ1) is 17.5. The van der Waals surface area contributed by atoms with Crippen LogP contribution in [0.1, 0.15) is 27.0 Å². The summed E-state index contributed by atoms with van der Waals surface area (Å²) in [5.41, 5.74) is 3.91. The molecule has 0 unspecified atom stereocenters. The van der Waals surface area contributed by atoms with Gasteiger partial charge in [-0.05, 0) is 31.5 Å². The summed E-state index contributed by atoms with van der Waals surface area (Å²) in [7, 11) is 0. The molecule has 6 heteroatoms. The number of aryl methyl sites for hydroxylation is 2. The Morgan fingerprint density at radius 2 is 1.81 bits per heavy atom. The summed E-state index contributed by atoms with van der Waals surface area (Å²) < 4.78 is 13.6. The van der Waals surface area contributed by atoms with Gasteiger partial charge in [-0.2, -0.15) is 0 Å². The van der Waals surface area contributed by atoms with E-state index in [-0.39, 0.29) is 18.3 Å². The first-order valence-electron chi connectivity index (χ1n) is 8.21. The molecule has 1 heterocycles. The van der Waals surface area contributed by atoms with Gasteiger partial charge in [0.25, 0.3) is 5.91 Å². The number of amides is 1. The summed E-state index contributed by atoms with van der Waals surface area (Å²) in [5, 5.41) is 5.79. The Bertz CT molecular complexity index is 925. The van der Waals surface area contributed by atoms with E-state index in [0.717, 1.165) is 11.3 Å². The Morgan fingerprint density at radius 3 is 2.50 bits per heavy atom. The number of hydrogen-bond donors (Lipinski definition) is 2. The van der Waals surface area contributed by atoms with Gasteiger partial charge in [0, 0.05) is 30.2 Å². The second kappa shape index (κ2) is 7.74. The minimum atomic E-state index is -0.355. The largest absolute Gasteiger partial charge is 0.348 e. The van der Waals surface area contributed by atoms with Crippen LogP contribution in [0, 0.1) is 19.7 Å².